The van der Waals surface area contributed by atoms with Crippen molar-refractivity contribution >= 4 is 17.5 Å². The van der Waals surface area contributed by atoms with Crippen LogP contribution in [0.2, 0.25) is 0 Å². The fraction of sp³-hybridized carbons (Fsp3) is 0.348. The first-order chi connectivity index (χ1) is 14.1. The van der Waals surface area contributed by atoms with Crippen LogP contribution in [0, 0.1) is 0 Å². The van der Waals surface area contributed by atoms with E-state index in [4.69, 9.17) is 24.7 Å². The van der Waals surface area contributed by atoms with Gasteiger partial charge in [-0.05, 0) is 55.3 Å². The molecule has 0 unspecified atom stereocenters. The summed E-state index contributed by atoms with van der Waals surface area (Å²) in [4.78, 5) is 13.2. The lowest BCUT2D eigenvalue weighted by Crippen LogP contribution is -2.16. The summed E-state index contributed by atoms with van der Waals surface area (Å²) in [5.74, 6) is 2.33. The van der Waals surface area contributed by atoms with E-state index in [0.29, 0.717) is 66.1 Å². The quantitative estimate of drug-likeness (QED) is 0.401. The van der Waals surface area contributed by atoms with Gasteiger partial charge in [-0.2, -0.15) is 0 Å². The molecule has 2 aromatic rings. The Morgan fingerprint density at radius 1 is 1.14 bits per heavy atom. The van der Waals surface area contributed by atoms with Crippen molar-refractivity contribution in [3.63, 3.8) is 0 Å². The predicted octanol–water partition coefficient (Wildman–Crippen LogP) is 4.51. The van der Waals surface area contributed by atoms with Gasteiger partial charge in [0.25, 0.3) is 0 Å². The van der Waals surface area contributed by atoms with Gasteiger partial charge in [0.2, 0.25) is 5.75 Å². The zero-order chi connectivity index (χ0) is 20.8. The number of ketones is 1. The summed E-state index contributed by atoms with van der Waals surface area (Å²) >= 11 is 0. The number of nitrogens with two attached hydrogens (primary N) is 1. The molecule has 1 aliphatic heterocycles. The number of allylic oxidation sites excluding steroid dienone is 1. The molecule has 6 heteroatoms. The first-order valence-corrected chi connectivity index (χ1v) is 9.82. The van der Waals surface area contributed by atoms with Crippen LogP contribution in [-0.2, 0) is 0 Å². The molecule has 29 heavy (non-hydrogen) atoms. The van der Waals surface area contributed by atoms with Crippen LogP contribution in [0.25, 0.3) is 6.08 Å². The summed E-state index contributed by atoms with van der Waals surface area (Å²) in [5.41, 5.74) is 8.54. The molecule has 0 saturated carbocycles. The van der Waals surface area contributed by atoms with Crippen LogP contribution in [0.15, 0.2) is 35.9 Å². The Hall–Kier alpha value is -3.15. The Bertz CT molecular complexity index is 902. The molecule has 0 spiro atoms. The first kappa shape index (κ1) is 20.6. The van der Waals surface area contributed by atoms with Crippen molar-refractivity contribution in [3.05, 3.63) is 47.0 Å². The Labute approximate surface area is 171 Å². The van der Waals surface area contributed by atoms with Crippen molar-refractivity contribution in [2.24, 2.45) is 0 Å². The third kappa shape index (κ3) is 4.65. The first-order valence-electron chi connectivity index (χ1n) is 9.82. The van der Waals surface area contributed by atoms with Crippen molar-refractivity contribution in [2.75, 3.05) is 32.7 Å². The van der Waals surface area contributed by atoms with E-state index in [9.17, 15) is 4.79 Å². The minimum absolute atomic E-state index is 0.0598. The van der Waals surface area contributed by atoms with E-state index in [2.05, 4.69) is 0 Å². The zero-order valence-corrected chi connectivity index (χ0v) is 17.1. The monoisotopic (exact) mass is 397 g/mol. The summed E-state index contributed by atoms with van der Waals surface area (Å²) in [7, 11) is 1.59. The summed E-state index contributed by atoms with van der Waals surface area (Å²) in [5, 5.41) is 0. The van der Waals surface area contributed by atoms with Crippen LogP contribution in [-0.4, -0.2) is 32.7 Å². The van der Waals surface area contributed by atoms with Gasteiger partial charge in [0.15, 0.2) is 17.3 Å². The smallest absolute Gasteiger partial charge is 0.203 e. The van der Waals surface area contributed by atoms with Crippen LogP contribution in [0.3, 0.4) is 0 Å². The molecular formula is C23H27NO5. The van der Waals surface area contributed by atoms with Crippen molar-refractivity contribution in [3.8, 4) is 23.0 Å². The number of Topliss-reactive ketones (excluding diaryl/α,β-unsaturated/α-hetero) is 1. The van der Waals surface area contributed by atoms with Gasteiger partial charge >= 0.3 is 0 Å². The third-order valence-electron chi connectivity index (χ3n) is 4.57. The SMILES string of the molecule is CCCC(=Cc1cc(OC)c2c(c1)OCCO2)C(=O)c1ccc(OCC)c(N)c1. The van der Waals surface area contributed by atoms with Gasteiger partial charge in [0.05, 0.1) is 19.4 Å². The van der Waals surface area contributed by atoms with Crippen molar-refractivity contribution in [1.29, 1.82) is 0 Å². The molecule has 1 aliphatic rings. The van der Waals surface area contributed by atoms with Crippen LogP contribution in [0.5, 0.6) is 23.0 Å². The van der Waals surface area contributed by atoms with Crippen LogP contribution in [0.4, 0.5) is 5.69 Å². The Morgan fingerprint density at radius 3 is 2.62 bits per heavy atom. The molecule has 2 N–H and O–H groups in total. The summed E-state index contributed by atoms with van der Waals surface area (Å²) in [6, 6.07) is 8.87. The summed E-state index contributed by atoms with van der Waals surface area (Å²) in [6.45, 7) is 5.41. The second-order valence-corrected chi connectivity index (χ2v) is 6.68. The van der Waals surface area contributed by atoms with Gasteiger partial charge in [-0.3, -0.25) is 4.79 Å². The van der Waals surface area contributed by atoms with Gasteiger partial charge in [0.1, 0.15) is 19.0 Å². The van der Waals surface area contributed by atoms with Gasteiger partial charge in [-0.15, -0.1) is 0 Å². The Balaban J connectivity index is 1.96. The highest BCUT2D eigenvalue weighted by molar-refractivity contribution is 6.11. The molecule has 0 amide bonds. The summed E-state index contributed by atoms with van der Waals surface area (Å²) < 4.78 is 22.3. The maximum Gasteiger partial charge on any atom is 0.203 e. The topological polar surface area (TPSA) is 80.0 Å². The number of carbonyl (C=O) groups excluding carboxylic acids is 1. The number of benzene rings is 2. The molecule has 2 aromatic carbocycles. The molecule has 3 rings (SSSR count). The van der Waals surface area contributed by atoms with Crippen molar-refractivity contribution in [2.45, 2.75) is 26.7 Å². The van der Waals surface area contributed by atoms with Gasteiger partial charge in [-0.1, -0.05) is 13.3 Å². The van der Waals surface area contributed by atoms with E-state index in [0.717, 1.165) is 12.0 Å². The average Bonchev–Trinajstić information content (AvgIpc) is 2.74. The molecule has 0 aromatic heterocycles. The highest BCUT2D eigenvalue weighted by Gasteiger charge is 2.19. The molecule has 6 nitrogen and oxygen atoms in total. The van der Waals surface area contributed by atoms with E-state index >= 15 is 0 Å². The van der Waals surface area contributed by atoms with Gasteiger partial charge < -0.3 is 24.7 Å². The minimum Gasteiger partial charge on any atom is -0.493 e. The van der Waals surface area contributed by atoms with E-state index in [1.807, 2.05) is 32.1 Å². The molecule has 0 bridgehead atoms. The average molecular weight is 397 g/mol. The number of carbonyl (C=O) groups is 1. The lowest BCUT2D eigenvalue weighted by atomic mass is 9.96. The summed E-state index contributed by atoms with van der Waals surface area (Å²) in [6.07, 6.45) is 3.35. The number of nitrogen functional groups attached to an aromatic ring is 1. The molecule has 0 saturated heterocycles. The van der Waals surface area contributed by atoms with E-state index in [1.54, 1.807) is 25.3 Å². The number of hydrogen-bond acceptors (Lipinski definition) is 6. The number of anilines is 1. The molecule has 0 atom stereocenters. The molecule has 1 heterocycles. The van der Waals surface area contributed by atoms with Crippen LogP contribution in [0.1, 0.15) is 42.6 Å². The minimum atomic E-state index is -0.0598. The Kier molecular flexibility index (Phi) is 6.65. The van der Waals surface area contributed by atoms with Crippen molar-refractivity contribution < 1.29 is 23.7 Å². The van der Waals surface area contributed by atoms with E-state index < -0.39 is 0 Å². The lowest BCUT2D eigenvalue weighted by molar-refractivity contribution is 0.103. The maximum atomic E-state index is 13.2. The van der Waals surface area contributed by atoms with Crippen LogP contribution < -0.4 is 24.7 Å². The number of ether oxygens (including phenoxy) is 4. The highest BCUT2D eigenvalue weighted by Crippen LogP contribution is 2.41. The van der Waals surface area contributed by atoms with Crippen molar-refractivity contribution in [1.82, 2.24) is 0 Å². The second-order valence-electron chi connectivity index (χ2n) is 6.68. The van der Waals surface area contributed by atoms with Crippen LogP contribution >= 0.6 is 0 Å². The fourth-order valence-electron chi connectivity index (χ4n) is 3.26. The lowest BCUT2D eigenvalue weighted by Gasteiger charge is -2.21. The van der Waals surface area contributed by atoms with E-state index in [-0.39, 0.29) is 5.78 Å². The number of rotatable bonds is 8. The normalized spacial score (nSPS) is 13.1. The fourth-order valence-corrected chi connectivity index (χ4v) is 3.26. The molecule has 154 valence electrons. The Morgan fingerprint density at radius 2 is 1.93 bits per heavy atom. The molecular weight excluding hydrogens is 370 g/mol. The molecule has 0 aliphatic carbocycles. The predicted molar refractivity (Wildman–Crippen MR) is 113 cm³/mol. The standard InChI is InChI=1S/C23H27NO5/c1-4-6-16(22(25)17-7-8-19(27-5-2)18(24)14-17)11-15-12-20(26-3)23-21(13-15)28-9-10-29-23/h7-8,11-14H,4-6,9-10,24H2,1-3H3. The maximum absolute atomic E-state index is 13.2. The molecule has 0 radical (unpaired) electrons. The molecule has 0 fully saturated rings. The number of hydrogen-bond donors (Lipinski definition) is 1. The van der Waals surface area contributed by atoms with Gasteiger partial charge in [0, 0.05) is 11.1 Å². The highest BCUT2D eigenvalue weighted by atomic mass is 16.6. The van der Waals surface area contributed by atoms with E-state index in [1.165, 1.54) is 0 Å². The second kappa shape index (κ2) is 9.37. The van der Waals surface area contributed by atoms with Gasteiger partial charge in [-0.25, -0.2) is 0 Å². The third-order valence-corrected chi connectivity index (χ3v) is 4.57. The largest absolute Gasteiger partial charge is 0.493 e. The number of fused-ring (bicyclic) bond motifs is 1. The number of methoxy groups -OCH3 is 1. The zero-order valence-electron chi connectivity index (χ0n) is 17.1.